The van der Waals surface area contributed by atoms with Crippen LogP contribution in [0.1, 0.15) is 26.7 Å². The standard InChI is InChI=1S/C14H20FNO2/c1-4-9-14(2,13(17)18)10-16(3)12-8-6-5-7-11(12)15/h5-8H,4,9-10H2,1-3H3,(H,17,18). The first-order valence-corrected chi connectivity index (χ1v) is 6.10. The van der Waals surface area contributed by atoms with E-state index in [4.69, 9.17) is 0 Å². The second-order valence-corrected chi connectivity index (χ2v) is 4.92. The molecular formula is C14H20FNO2. The Morgan fingerprint density at radius 3 is 2.56 bits per heavy atom. The molecule has 0 fully saturated rings. The van der Waals surface area contributed by atoms with E-state index in [0.717, 1.165) is 6.42 Å². The Balaban J connectivity index is 2.89. The smallest absolute Gasteiger partial charge is 0.311 e. The number of carboxylic acid groups (broad SMARTS) is 1. The van der Waals surface area contributed by atoms with Crippen LogP contribution in [0, 0.1) is 11.2 Å². The molecule has 1 N–H and O–H groups in total. The lowest BCUT2D eigenvalue weighted by Crippen LogP contribution is -2.39. The van der Waals surface area contributed by atoms with E-state index in [1.807, 2.05) is 6.92 Å². The largest absolute Gasteiger partial charge is 0.481 e. The number of halogens is 1. The van der Waals surface area contributed by atoms with Crippen molar-refractivity contribution in [2.45, 2.75) is 26.7 Å². The molecule has 0 aliphatic rings. The summed E-state index contributed by atoms with van der Waals surface area (Å²) in [5, 5.41) is 9.31. The van der Waals surface area contributed by atoms with Gasteiger partial charge < -0.3 is 10.0 Å². The summed E-state index contributed by atoms with van der Waals surface area (Å²) in [5.41, 5.74) is -0.424. The lowest BCUT2D eigenvalue weighted by molar-refractivity contribution is -0.147. The Hall–Kier alpha value is -1.58. The molecule has 1 rings (SSSR count). The molecule has 0 aliphatic heterocycles. The van der Waals surface area contributed by atoms with E-state index in [1.165, 1.54) is 6.07 Å². The molecule has 100 valence electrons. The summed E-state index contributed by atoms with van der Waals surface area (Å²) in [7, 11) is 1.72. The van der Waals surface area contributed by atoms with Gasteiger partial charge in [0.25, 0.3) is 0 Å². The van der Waals surface area contributed by atoms with Crippen LogP contribution in [-0.4, -0.2) is 24.7 Å². The molecule has 0 saturated heterocycles. The first-order valence-electron chi connectivity index (χ1n) is 6.10. The number of nitrogens with zero attached hydrogens (tertiary/aromatic N) is 1. The summed E-state index contributed by atoms with van der Waals surface area (Å²) in [4.78, 5) is 13.0. The minimum Gasteiger partial charge on any atom is -0.481 e. The molecule has 0 aliphatic carbocycles. The fourth-order valence-electron chi connectivity index (χ4n) is 2.18. The summed E-state index contributed by atoms with van der Waals surface area (Å²) < 4.78 is 13.6. The van der Waals surface area contributed by atoms with Gasteiger partial charge in [-0.15, -0.1) is 0 Å². The number of carbonyl (C=O) groups is 1. The Labute approximate surface area is 107 Å². The van der Waals surface area contributed by atoms with Gasteiger partial charge in [-0.25, -0.2) is 4.39 Å². The Bertz CT molecular complexity index is 422. The van der Waals surface area contributed by atoms with Crippen molar-refractivity contribution in [2.75, 3.05) is 18.5 Å². The van der Waals surface area contributed by atoms with E-state index in [2.05, 4.69) is 0 Å². The molecule has 0 saturated carbocycles. The molecule has 0 amide bonds. The van der Waals surface area contributed by atoms with Crippen LogP contribution >= 0.6 is 0 Å². The highest BCUT2D eigenvalue weighted by Gasteiger charge is 2.33. The molecule has 1 aromatic rings. The molecule has 18 heavy (non-hydrogen) atoms. The number of hydrogen-bond acceptors (Lipinski definition) is 2. The molecule has 0 spiro atoms. The number of anilines is 1. The van der Waals surface area contributed by atoms with Crippen LogP contribution in [0.25, 0.3) is 0 Å². The zero-order valence-corrected chi connectivity index (χ0v) is 11.1. The first-order chi connectivity index (χ1) is 8.40. The number of para-hydroxylation sites is 1. The maximum Gasteiger partial charge on any atom is 0.311 e. The summed E-state index contributed by atoms with van der Waals surface area (Å²) in [6.45, 7) is 3.94. The fourth-order valence-corrected chi connectivity index (χ4v) is 2.18. The molecule has 3 nitrogen and oxygen atoms in total. The summed E-state index contributed by atoms with van der Waals surface area (Å²) in [5.74, 6) is -1.17. The van der Waals surface area contributed by atoms with Crippen molar-refractivity contribution in [3.63, 3.8) is 0 Å². The predicted octanol–water partition coefficient (Wildman–Crippen LogP) is 3.15. The van der Waals surface area contributed by atoms with E-state index in [-0.39, 0.29) is 12.4 Å². The summed E-state index contributed by atoms with van der Waals surface area (Å²) in [6, 6.07) is 6.40. The van der Waals surface area contributed by atoms with Gasteiger partial charge >= 0.3 is 5.97 Å². The zero-order chi connectivity index (χ0) is 13.8. The quantitative estimate of drug-likeness (QED) is 0.846. The van der Waals surface area contributed by atoms with Gasteiger partial charge in [0.2, 0.25) is 0 Å². The Morgan fingerprint density at radius 2 is 2.06 bits per heavy atom. The van der Waals surface area contributed by atoms with Crippen molar-refractivity contribution < 1.29 is 14.3 Å². The van der Waals surface area contributed by atoms with Gasteiger partial charge in [0.1, 0.15) is 5.82 Å². The average Bonchev–Trinajstić information content (AvgIpc) is 2.29. The number of carboxylic acids is 1. The lowest BCUT2D eigenvalue weighted by Gasteiger charge is -2.31. The molecule has 0 radical (unpaired) electrons. The molecule has 1 unspecified atom stereocenters. The van der Waals surface area contributed by atoms with Gasteiger partial charge in [-0.2, -0.15) is 0 Å². The Morgan fingerprint density at radius 1 is 1.44 bits per heavy atom. The first kappa shape index (κ1) is 14.5. The van der Waals surface area contributed by atoms with Gasteiger partial charge in [-0.05, 0) is 25.5 Å². The number of benzene rings is 1. The second kappa shape index (κ2) is 5.85. The van der Waals surface area contributed by atoms with Gasteiger partial charge in [-0.1, -0.05) is 25.5 Å². The summed E-state index contributed by atoms with van der Waals surface area (Å²) >= 11 is 0. The highest BCUT2D eigenvalue weighted by atomic mass is 19.1. The third kappa shape index (κ3) is 3.22. The van der Waals surface area contributed by atoms with E-state index in [1.54, 1.807) is 37.1 Å². The van der Waals surface area contributed by atoms with E-state index in [0.29, 0.717) is 12.1 Å². The van der Waals surface area contributed by atoms with Gasteiger partial charge in [0.15, 0.2) is 0 Å². The van der Waals surface area contributed by atoms with E-state index < -0.39 is 11.4 Å². The lowest BCUT2D eigenvalue weighted by atomic mass is 9.85. The number of hydrogen-bond donors (Lipinski definition) is 1. The van der Waals surface area contributed by atoms with Crippen molar-refractivity contribution in [2.24, 2.45) is 5.41 Å². The topological polar surface area (TPSA) is 40.5 Å². The van der Waals surface area contributed by atoms with Crippen LogP contribution in [0.2, 0.25) is 0 Å². The highest BCUT2D eigenvalue weighted by molar-refractivity contribution is 5.75. The molecule has 1 atom stereocenters. The third-order valence-electron chi connectivity index (χ3n) is 3.17. The van der Waals surface area contributed by atoms with Crippen LogP contribution in [0.15, 0.2) is 24.3 Å². The number of rotatable bonds is 6. The van der Waals surface area contributed by atoms with Crippen molar-refractivity contribution in [1.29, 1.82) is 0 Å². The van der Waals surface area contributed by atoms with Gasteiger partial charge in [-0.3, -0.25) is 4.79 Å². The minimum absolute atomic E-state index is 0.289. The molecular weight excluding hydrogens is 233 g/mol. The van der Waals surface area contributed by atoms with Gasteiger partial charge in [0.05, 0.1) is 11.1 Å². The van der Waals surface area contributed by atoms with Crippen LogP contribution < -0.4 is 4.90 Å². The van der Waals surface area contributed by atoms with E-state index in [9.17, 15) is 14.3 Å². The molecule has 0 heterocycles. The van der Waals surface area contributed by atoms with Crippen molar-refractivity contribution in [3.8, 4) is 0 Å². The van der Waals surface area contributed by atoms with Crippen molar-refractivity contribution in [1.82, 2.24) is 0 Å². The highest BCUT2D eigenvalue weighted by Crippen LogP contribution is 2.28. The summed E-state index contributed by atoms with van der Waals surface area (Å²) in [6.07, 6.45) is 1.36. The fraction of sp³-hybridized carbons (Fsp3) is 0.500. The third-order valence-corrected chi connectivity index (χ3v) is 3.17. The number of aliphatic carboxylic acids is 1. The van der Waals surface area contributed by atoms with Crippen LogP contribution in [0.3, 0.4) is 0 Å². The molecule has 0 aromatic heterocycles. The zero-order valence-electron chi connectivity index (χ0n) is 11.1. The van der Waals surface area contributed by atoms with Crippen LogP contribution in [0.4, 0.5) is 10.1 Å². The molecule has 0 bridgehead atoms. The maximum atomic E-state index is 13.6. The average molecular weight is 253 g/mol. The van der Waals surface area contributed by atoms with Gasteiger partial charge in [0, 0.05) is 13.6 Å². The SMILES string of the molecule is CCCC(C)(CN(C)c1ccccc1F)C(=O)O. The maximum absolute atomic E-state index is 13.6. The monoisotopic (exact) mass is 253 g/mol. The van der Waals surface area contributed by atoms with E-state index >= 15 is 0 Å². The second-order valence-electron chi connectivity index (χ2n) is 4.92. The van der Waals surface area contributed by atoms with Crippen LogP contribution in [-0.2, 0) is 4.79 Å². The minimum atomic E-state index is -0.855. The van der Waals surface area contributed by atoms with Crippen molar-refractivity contribution >= 4 is 11.7 Å². The normalized spacial score (nSPS) is 14.0. The van der Waals surface area contributed by atoms with Crippen LogP contribution in [0.5, 0.6) is 0 Å². The predicted molar refractivity (Wildman–Crippen MR) is 70.3 cm³/mol. The van der Waals surface area contributed by atoms with Crippen molar-refractivity contribution in [3.05, 3.63) is 30.1 Å². The Kier molecular flexibility index (Phi) is 4.70. The molecule has 4 heteroatoms. The molecule has 1 aromatic carbocycles.